The van der Waals surface area contributed by atoms with Gasteiger partial charge in [-0.05, 0) is 24.1 Å². The Kier molecular flexibility index (Phi) is 8.22. The highest BCUT2D eigenvalue weighted by Gasteiger charge is 2.10. The highest BCUT2D eigenvalue weighted by molar-refractivity contribution is 5.94. The van der Waals surface area contributed by atoms with E-state index in [4.69, 9.17) is 5.11 Å². The maximum Gasteiger partial charge on any atom is 0.305 e. The minimum Gasteiger partial charge on any atom is -0.481 e. The van der Waals surface area contributed by atoms with Gasteiger partial charge in [-0.15, -0.1) is 0 Å². The molecule has 3 N–H and O–H groups in total. The van der Waals surface area contributed by atoms with Crippen molar-refractivity contribution in [3.05, 3.63) is 35.4 Å². The summed E-state index contributed by atoms with van der Waals surface area (Å²) in [6, 6.07) is 6.80. The van der Waals surface area contributed by atoms with Crippen molar-refractivity contribution in [2.75, 3.05) is 6.54 Å². The van der Waals surface area contributed by atoms with Crippen molar-refractivity contribution in [2.45, 2.75) is 51.6 Å². The number of aliphatic carboxylic acids is 1. The SMILES string of the molecule is CCCCCCC(O)c1ccc(C(=O)NCCC(=O)O)cc1. The molecular formula is C17H25NO4. The average molecular weight is 307 g/mol. The van der Waals surface area contributed by atoms with Gasteiger partial charge in [-0.1, -0.05) is 44.7 Å². The topological polar surface area (TPSA) is 86.6 Å². The van der Waals surface area contributed by atoms with Crippen LogP contribution in [0.1, 0.15) is 67.5 Å². The lowest BCUT2D eigenvalue weighted by atomic mass is 10.0. The summed E-state index contributed by atoms with van der Waals surface area (Å²) in [6.07, 6.45) is 4.60. The number of carboxylic acids is 1. The first-order chi connectivity index (χ1) is 10.5. The molecule has 122 valence electrons. The van der Waals surface area contributed by atoms with Gasteiger partial charge >= 0.3 is 5.97 Å². The summed E-state index contributed by atoms with van der Waals surface area (Å²) in [5.74, 6) is -1.24. The van der Waals surface area contributed by atoms with Crippen molar-refractivity contribution in [3.63, 3.8) is 0 Å². The summed E-state index contributed by atoms with van der Waals surface area (Å²) in [4.78, 5) is 22.2. The Labute approximate surface area is 131 Å². The van der Waals surface area contributed by atoms with E-state index in [1.807, 2.05) is 0 Å². The highest BCUT2D eigenvalue weighted by atomic mass is 16.4. The van der Waals surface area contributed by atoms with Crippen LogP contribution in [0.25, 0.3) is 0 Å². The molecule has 1 atom stereocenters. The summed E-state index contributed by atoms with van der Waals surface area (Å²) >= 11 is 0. The van der Waals surface area contributed by atoms with Crippen LogP contribution in [0.4, 0.5) is 0 Å². The molecule has 0 bridgehead atoms. The number of hydrogen-bond donors (Lipinski definition) is 3. The molecule has 1 rings (SSSR count). The first-order valence-electron chi connectivity index (χ1n) is 7.82. The molecule has 1 unspecified atom stereocenters. The maximum atomic E-state index is 11.8. The van der Waals surface area contributed by atoms with Gasteiger partial charge in [-0.25, -0.2) is 0 Å². The Hall–Kier alpha value is -1.88. The zero-order chi connectivity index (χ0) is 16.4. The molecule has 0 saturated heterocycles. The lowest BCUT2D eigenvalue weighted by molar-refractivity contribution is -0.136. The Balaban J connectivity index is 2.44. The molecule has 0 saturated carbocycles. The molecule has 1 amide bonds. The van der Waals surface area contributed by atoms with Crippen LogP contribution in [0.15, 0.2) is 24.3 Å². The fourth-order valence-electron chi connectivity index (χ4n) is 2.17. The summed E-state index contributed by atoms with van der Waals surface area (Å²) in [7, 11) is 0. The Bertz CT molecular complexity index is 470. The Morgan fingerprint density at radius 3 is 2.41 bits per heavy atom. The van der Waals surface area contributed by atoms with Gasteiger partial charge in [0.2, 0.25) is 0 Å². The normalized spacial score (nSPS) is 11.9. The quantitative estimate of drug-likeness (QED) is 0.580. The molecule has 0 heterocycles. The van der Waals surface area contributed by atoms with E-state index in [1.165, 1.54) is 12.8 Å². The molecule has 0 aliphatic heterocycles. The van der Waals surface area contributed by atoms with E-state index in [0.29, 0.717) is 5.56 Å². The second-order valence-electron chi connectivity index (χ2n) is 5.39. The summed E-state index contributed by atoms with van der Waals surface area (Å²) in [6.45, 7) is 2.26. The van der Waals surface area contributed by atoms with E-state index in [9.17, 15) is 14.7 Å². The molecule has 0 radical (unpaired) electrons. The van der Waals surface area contributed by atoms with Gasteiger partial charge in [-0.3, -0.25) is 9.59 Å². The van der Waals surface area contributed by atoms with Crippen LogP contribution >= 0.6 is 0 Å². The number of aliphatic hydroxyl groups is 1. The van der Waals surface area contributed by atoms with Crippen molar-refractivity contribution >= 4 is 11.9 Å². The molecule has 0 fully saturated rings. The molecule has 0 aliphatic carbocycles. The number of benzene rings is 1. The third kappa shape index (κ3) is 6.72. The van der Waals surface area contributed by atoms with Gasteiger partial charge in [0.1, 0.15) is 0 Å². The lowest BCUT2D eigenvalue weighted by Crippen LogP contribution is -2.25. The monoisotopic (exact) mass is 307 g/mol. The van der Waals surface area contributed by atoms with Gasteiger partial charge in [0.15, 0.2) is 0 Å². The Morgan fingerprint density at radius 1 is 1.14 bits per heavy atom. The smallest absolute Gasteiger partial charge is 0.305 e. The largest absolute Gasteiger partial charge is 0.481 e. The fourth-order valence-corrected chi connectivity index (χ4v) is 2.17. The van der Waals surface area contributed by atoms with Crippen LogP contribution in [0.2, 0.25) is 0 Å². The van der Waals surface area contributed by atoms with Crippen LogP contribution in [0, 0.1) is 0 Å². The van der Waals surface area contributed by atoms with E-state index in [2.05, 4.69) is 12.2 Å². The predicted molar refractivity (Wildman–Crippen MR) is 84.7 cm³/mol. The summed E-state index contributed by atoms with van der Waals surface area (Å²) in [5, 5.41) is 21.2. The molecule has 0 aromatic heterocycles. The van der Waals surface area contributed by atoms with Crippen molar-refractivity contribution in [1.29, 1.82) is 0 Å². The van der Waals surface area contributed by atoms with Gasteiger partial charge in [0.05, 0.1) is 12.5 Å². The number of carbonyl (C=O) groups excluding carboxylic acids is 1. The van der Waals surface area contributed by atoms with Crippen molar-refractivity contribution in [3.8, 4) is 0 Å². The zero-order valence-corrected chi connectivity index (χ0v) is 13.0. The van der Waals surface area contributed by atoms with E-state index >= 15 is 0 Å². The molecule has 5 heteroatoms. The number of amides is 1. The van der Waals surface area contributed by atoms with Gasteiger partial charge in [0.25, 0.3) is 5.91 Å². The zero-order valence-electron chi connectivity index (χ0n) is 13.0. The van der Waals surface area contributed by atoms with E-state index < -0.39 is 12.1 Å². The van der Waals surface area contributed by atoms with Gasteiger partial charge in [0, 0.05) is 12.1 Å². The third-order valence-corrected chi connectivity index (χ3v) is 3.51. The molecule has 0 spiro atoms. The van der Waals surface area contributed by atoms with Crippen molar-refractivity contribution in [2.24, 2.45) is 0 Å². The maximum absolute atomic E-state index is 11.8. The third-order valence-electron chi connectivity index (χ3n) is 3.51. The molecule has 22 heavy (non-hydrogen) atoms. The van der Waals surface area contributed by atoms with E-state index in [0.717, 1.165) is 24.8 Å². The molecule has 5 nitrogen and oxygen atoms in total. The molecule has 1 aromatic rings. The fraction of sp³-hybridized carbons (Fsp3) is 0.529. The van der Waals surface area contributed by atoms with Crippen LogP contribution in [-0.2, 0) is 4.79 Å². The van der Waals surface area contributed by atoms with Gasteiger partial charge in [-0.2, -0.15) is 0 Å². The van der Waals surface area contributed by atoms with Crippen molar-refractivity contribution in [1.82, 2.24) is 5.32 Å². The van der Waals surface area contributed by atoms with Crippen LogP contribution in [0.3, 0.4) is 0 Å². The Morgan fingerprint density at radius 2 is 1.82 bits per heavy atom. The van der Waals surface area contributed by atoms with E-state index in [-0.39, 0.29) is 18.9 Å². The lowest BCUT2D eigenvalue weighted by Gasteiger charge is -2.11. The first kappa shape index (κ1) is 18.2. The number of aliphatic hydroxyl groups excluding tert-OH is 1. The summed E-state index contributed by atoms with van der Waals surface area (Å²) < 4.78 is 0. The average Bonchev–Trinajstić information content (AvgIpc) is 2.51. The van der Waals surface area contributed by atoms with E-state index in [1.54, 1.807) is 24.3 Å². The summed E-state index contributed by atoms with van der Waals surface area (Å²) in [5.41, 5.74) is 1.27. The number of carbonyl (C=O) groups is 2. The highest BCUT2D eigenvalue weighted by Crippen LogP contribution is 2.20. The van der Waals surface area contributed by atoms with Crippen LogP contribution in [0.5, 0.6) is 0 Å². The number of hydrogen-bond acceptors (Lipinski definition) is 3. The van der Waals surface area contributed by atoms with Crippen LogP contribution in [-0.4, -0.2) is 28.6 Å². The standard InChI is InChI=1S/C17H25NO4/c1-2-3-4-5-6-15(19)13-7-9-14(10-8-13)17(22)18-12-11-16(20)21/h7-10,15,19H,2-6,11-12H2,1H3,(H,18,22)(H,20,21). The minimum absolute atomic E-state index is 0.0969. The van der Waals surface area contributed by atoms with Gasteiger partial charge < -0.3 is 15.5 Å². The van der Waals surface area contributed by atoms with Crippen LogP contribution < -0.4 is 5.32 Å². The number of nitrogens with one attached hydrogen (secondary N) is 1. The molecular weight excluding hydrogens is 282 g/mol. The minimum atomic E-state index is -0.943. The molecule has 0 aliphatic rings. The number of unbranched alkanes of at least 4 members (excludes halogenated alkanes) is 3. The number of rotatable bonds is 10. The molecule has 1 aromatic carbocycles. The number of carboxylic acid groups (broad SMARTS) is 1. The second kappa shape index (κ2) is 9.95. The first-order valence-corrected chi connectivity index (χ1v) is 7.82. The predicted octanol–water partition coefficient (Wildman–Crippen LogP) is 2.89. The second-order valence-corrected chi connectivity index (χ2v) is 5.39. The van der Waals surface area contributed by atoms with Crippen molar-refractivity contribution < 1.29 is 19.8 Å².